The predicted octanol–water partition coefficient (Wildman–Crippen LogP) is 3.91. The fourth-order valence-corrected chi connectivity index (χ4v) is 3.41. The molecule has 3 rings (SSSR count). The Morgan fingerprint density at radius 3 is 2.43 bits per heavy atom. The maximum Gasteiger partial charge on any atom is 0.360 e. The van der Waals surface area contributed by atoms with Gasteiger partial charge in [0, 0.05) is 17.0 Å². The largest absolute Gasteiger partial charge is 0.497 e. The molecule has 1 aliphatic carbocycles. The van der Waals surface area contributed by atoms with Gasteiger partial charge in [0.05, 0.1) is 19.9 Å². The highest BCUT2D eigenvalue weighted by atomic mass is 16.6. The Kier molecular flexibility index (Phi) is 7.06. The van der Waals surface area contributed by atoms with Crippen LogP contribution in [-0.2, 0) is 25.8 Å². The van der Waals surface area contributed by atoms with E-state index in [9.17, 15) is 4.79 Å². The Balaban J connectivity index is 1.64. The van der Waals surface area contributed by atoms with Gasteiger partial charge in [0.25, 0.3) is 0 Å². The van der Waals surface area contributed by atoms with Gasteiger partial charge < -0.3 is 19.1 Å². The van der Waals surface area contributed by atoms with Crippen LogP contribution in [0.15, 0.2) is 58.8 Å². The van der Waals surface area contributed by atoms with E-state index in [0.29, 0.717) is 17.4 Å². The topological polar surface area (TPSA) is 78.7 Å². The van der Waals surface area contributed by atoms with E-state index in [0.717, 1.165) is 23.4 Å². The minimum Gasteiger partial charge on any atom is -0.497 e. The van der Waals surface area contributed by atoms with Crippen LogP contribution < -0.4 is 4.74 Å². The van der Waals surface area contributed by atoms with Gasteiger partial charge in [-0.1, -0.05) is 46.7 Å². The lowest BCUT2D eigenvalue weighted by atomic mass is 10.0. The monoisotopic (exact) mass is 410 g/mol. The molecule has 30 heavy (non-hydrogen) atoms. The molecule has 0 saturated heterocycles. The van der Waals surface area contributed by atoms with Gasteiger partial charge in [0.1, 0.15) is 19.5 Å². The number of methoxy groups -OCH3 is 2. The first-order chi connectivity index (χ1) is 14.6. The van der Waals surface area contributed by atoms with E-state index < -0.39 is 5.97 Å². The normalized spacial score (nSPS) is 18.5. The zero-order valence-electron chi connectivity index (χ0n) is 17.6. The molecule has 1 saturated carbocycles. The Bertz CT molecular complexity index is 937. The van der Waals surface area contributed by atoms with E-state index in [1.54, 1.807) is 13.2 Å². The number of oxime groups is 2. The number of rotatable bonds is 9. The van der Waals surface area contributed by atoms with Crippen molar-refractivity contribution in [1.82, 2.24) is 0 Å². The second-order valence-corrected chi connectivity index (χ2v) is 7.00. The van der Waals surface area contributed by atoms with Crippen molar-refractivity contribution in [2.45, 2.75) is 25.9 Å². The van der Waals surface area contributed by atoms with Crippen molar-refractivity contribution in [3.63, 3.8) is 0 Å². The lowest BCUT2D eigenvalue weighted by Crippen LogP contribution is -2.19. The van der Waals surface area contributed by atoms with Crippen LogP contribution in [0.5, 0.6) is 5.75 Å². The lowest BCUT2D eigenvalue weighted by Gasteiger charge is -2.10. The van der Waals surface area contributed by atoms with Crippen molar-refractivity contribution < 1.29 is 23.9 Å². The molecule has 0 aliphatic heterocycles. The molecular weight excluding hydrogens is 384 g/mol. The first-order valence-electron chi connectivity index (χ1n) is 9.67. The van der Waals surface area contributed by atoms with Crippen LogP contribution in [0.4, 0.5) is 0 Å². The number of esters is 1. The van der Waals surface area contributed by atoms with Crippen LogP contribution in [0, 0.1) is 5.92 Å². The summed E-state index contributed by atoms with van der Waals surface area (Å²) in [5.41, 5.74) is 3.66. The molecule has 7 heteroatoms. The summed E-state index contributed by atoms with van der Waals surface area (Å²) in [6.07, 6.45) is 1.05. The minimum absolute atomic E-state index is 0.0849. The van der Waals surface area contributed by atoms with Crippen molar-refractivity contribution in [2.75, 3.05) is 21.3 Å². The molecule has 2 atom stereocenters. The smallest absolute Gasteiger partial charge is 0.360 e. The summed E-state index contributed by atoms with van der Waals surface area (Å²) in [5.74, 6) is 1.10. The molecule has 158 valence electrons. The Morgan fingerprint density at radius 2 is 1.77 bits per heavy atom. The summed E-state index contributed by atoms with van der Waals surface area (Å²) < 4.78 is 10.0. The summed E-state index contributed by atoms with van der Waals surface area (Å²) >= 11 is 0. The quantitative estimate of drug-likeness (QED) is 0.356. The molecule has 1 aliphatic rings. The average molecular weight is 410 g/mol. The zero-order chi connectivity index (χ0) is 21.5. The van der Waals surface area contributed by atoms with Crippen molar-refractivity contribution in [3.05, 3.63) is 65.2 Å². The number of carbonyl (C=O) groups excluding carboxylic acids is 1. The van der Waals surface area contributed by atoms with Crippen LogP contribution in [0.3, 0.4) is 0 Å². The van der Waals surface area contributed by atoms with Gasteiger partial charge in [-0.25, -0.2) is 4.79 Å². The standard InChI is InChI=1S/C23H26N2O5/c1-15(20-13-21(20)16-9-11-18(27-2)12-10-16)24-30-14-17-7-5-6-8-19(17)22(25-29-4)23(26)28-3/h5-12,20-21H,13-14H2,1-4H3. The first-order valence-corrected chi connectivity index (χ1v) is 9.67. The SMILES string of the molecule is CON=C(C(=O)OC)c1ccccc1CON=C(C)C1CC1c1ccc(OC)cc1. The molecular formula is C23H26N2O5. The molecule has 0 bridgehead atoms. The molecule has 0 aromatic heterocycles. The van der Waals surface area contributed by atoms with Crippen LogP contribution in [0.1, 0.15) is 36.0 Å². The number of hydrogen-bond donors (Lipinski definition) is 0. The van der Waals surface area contributed by atoms with E-state index >= 15 is 0 Å². The van der Waals surface area contributed by atoms with Gasteiger partial charge in [-0.3, -0.25) is 0 Å². The molecule has 2 aromatic carbocycles. The third-order valence-electron chi connectivity index (χ3n) is 5.13. The fourth-order valence-electron chi connectivity index (χ4n) is 3.41. The van der Waals surface area contributed by atoms with Gasteiger partial charge in [-0.2, -0.15) is 0 Å². The summed E-state index contributed by atoms with van der Waals surface area (Å²) in [7, 11) is 4.34. The van der Waals surface area contributed by atoms with Crippen LogP contribution in [-0.4, -0.2) is 38.7 Å². The lowest BCUT2D eigenvalue weighted by molar-refractivity contribution is -0.132. The first kappa shape index (κ1) is 21.4. The molecule has 0 radical (unpaired) electrons. The summed E-state index contributed by atoms with van der Waals surface area (Å²) in [6.45, 7) is 2.18. The molecule has 0 spiro atoms. The third kappa shape index (κ3) is 4.97. The van der Waals surface area contributed by atoms with E-state index in [-0.39, 0.29) is 12.3 Å². The number of ether oxygens (including phenoxy) is 2. The van der Waals surface area contributed by atoms with Gasteiger partial charge in [-0.05, 0) is 37.0 Å². The Morgan fingerprint density at radius 1 is 1.03 bits per heavy atom. The van der Waals surface area contributed by atoms with Crippen LogP contribution >= 0.6 is 0 Å². The third-order valence-corrected chi connectivity index (χ3v) is 5.13. The van der Waals surface area contributed by atoms with Crippen LogP contribution in [0.25, 0.3) is 0 Å². The van der Waals surface area contributed by atoms with Crippen molar-refractivity contribution in [3.8, 4) is 5.75 Å². The zero-order valence-corrected chi connectivity index (χ0v) is 17.6. The number of nitrogens with zero attached hydrogens (tertiary/aromatic N) is 2. The summed E-state index contributed by atoms with van der Waals surface area (Å²) in [6, 6.07) is 15.4. The maximum atomic E-state index is 12.0. The van der Waals surface area contributed by atoms with E-state index in [1.165, 1.54) is 19.8 Å². The second kappa shape index (κ2) is 9.91. The van der Waals surface area contributed by atoms with Crippen LogP contribution in [0.2, 0.25) is 0 Å². The van der Waals surface area contributed by atoms with Crippen molar-refractivity contribution >= 4 is 17.4 Å². The van der Waals surface area contributed by atoms with Gasteiger partial charge in [-0.15, -0.1) is 0 Å². The maximum absolute atomic E-state index is 12.0. The highest BCUT2D eigenvalue weighted by molar-refractivity contribution is 6.43. The summed E-state index contributed by atoms with van der Waals surface area (Å²) in [5, 5.41) is 8.11. The predicted molar refractivity (Wildman–Crippen MR) is 114 cm³/mol. The highest BCUT2D eigenvalue weighted by Gasteiger charge is 2.40. The molecule has 1 fully saturated rings. The molecule has 2 unspecified atom stereocenters. The van der Waals surface area contributed by atoms with Gasteiger partial charge in [0.15, 0.2) is 5.71 Å². The minimum atomic E-state index is -0.579. The molecule has 0 amide bonds. The molecule has 0 N–H and O–H groups in total. The number of benzene rings is 2. The average Bonchev–Trinajstić information content (AvgIpc) is 3.58. The molecule has 0 heterocycles. The van der Waals surface area contributed by atoms with Gasteiger partial charge in [0.2, 0.25) is 0 Å². The second-order valence-electron chi connectivity index (χ2n) is 7.00. The molecule has 2 aromatic rings. The molecule has 7 nitrogen and oxygen atoms in total. The Hall–Kier alpha value is -3.35. The highest BCUT2D eigenvalue weighted by Crippen LogP contribution is 2.48. The van der Waals surface area contributed by atoms with E-state index in [4.69, 9.17) is 19.1 Å². The van der Waals surface area contributed by atoms with Crippen molar-refractivity contribution in [2.24, 2.45) is 16.2 Å². The van der Waals surface area contributed by atoms with E-state index in [2.05, 4.69) is 22.4 Å². The summed E-state index contributed by atoms with van der Waals surface area (Å²) in [4.78, 5) is 22.4. The van der Waals surface area contributed by atoms with Gasteiger partial charge >= 0.3 is 5.97 Å². The van der Waals surface area contributed by atoms with Crippen molar-refractivity contribution in [1.29, 1.82) is 0 Å². The van der Waals surface area contributed by atoms with E-state index in [1.807, 2.05) is 37.3 Å². The number of hydrogen-bond acceptors (Lipinski definition) is 7. The fraction of sp³-hybridized carbons (Fsp3) is 0.348. The Labute approximate surface area is 176 Å². The number of carbonyl (C=O) groups is 1.